The molecule has 2 aromatic carbocycles. The van der Waals surface area contributed by atoms with Gasteiger partial charge in [0.1, 0.15) is 5.69 Å². The van der Waals surface area contributed by atoms with Crippen molar-refractivity contribution in [1.29, 1.82) is 0 Å². The second-order valence-corrected chi connectivity index (χ2v) is 7.93. The summed E-state index contributed by atoms with van der Waals surface area (Å²) < 4.78 is 2.47. The van der Waals surface area contributed by atoms with Crippen LogP contribution in [0.5, 0.6) is 0 Å². The Morgan fingerprint density at radius 3 is 2.45 bits per heavy atom. The number of rotatable bonds is 8. The molecule has 3 rings (SSSR count). The van der Waals surface area contributed by atoms with Crippen molar-refractivity contribution in [2.45, 2.75) is 17.9 Å². The number of benzene rings is 2. The van der Waals surface area contributed by atoms with Crippen LogP contribution in [-0.2, 0) is 17.8 Å². The van der Waals surface area contributed by atoms with Crippen LogP contribution in [0.4, 0.5) is 5.69 Å². The molecule has 0 bridgehead atoms. The van der Waals surface area contributed by atoms with Crippen LogP contribution < -0.4 is 40.0 Å². The van der Waals surface area contributed by atoms with Crippen molar-refractivity contribution in [2.75, 3.05) is 11.1 Å². The minimum absolute atomic E-state index is 0. The Hall–Kier alpha value is -1.58. The van der Waals surface area contributed by atoms with E-state index in [1.807, 2.05) is 54.6 Å². The number of aromatic nitrogens is 2. The van der Waals surface area contributed by atoms with E-state index in [1.165, 1.54) is 22.6 Å². The number of aromatic carboxylic acids is 1. The van der Waals surface area contributed by atoms with E-state index >= 15 is 0 Å². The molecule has 0 radical (unpaired) electrons. The third kappa shape index (κ3) is 7.31. The summed E-state index contributed by atoms with van der Waals surface area (Å²) in [7, 11) is 0. The molecule has 1 heterocycles. The van der Waals surface area contributed by atoms with E-state index in [0.29, 0.717) is 13.0 Å². The average molecular weight is 482 g/mol. The summed E-state index contributed by atoms with van der Waals surface area (Å²) in [6.45, 7) is 0.494. The Balaban J connectivity index is 0.00000300. The van der Waals surface area contributed by atoms with Gasteiger partial charge in [-0.2, -0.15) is 5.10 Å². The number of hydrogen-bond donors (Lipinski definition) is 1. The number of nitrogens with one attached hydrogen (secondary N) is 1. The van der Waals surface area contributed by atoms with Crippen molar-refractivity contribution < 1.29 is 44.3 Å². The smallest absolute Gasteiger partial charge is 0.543 e. The molecule has 9 heteroatoms. The third-order valence-corrected chi connectivity index (χ3v) is 5.43. The van der Waals surface area contributed by atoms with E-state index < -0.39 is 5.97 Å². The number of carboxylic acids is 1. The van der Waals surface area contributed by atoms with Gasteiger partial charge in [0.25, 0.3) is 0 Å². The van der Waals surface area contributed by atoms with Gasteiger partial charge >= 0.3 is 29.6 Å². The Labute approximate surface area is 203 Å². The molecule has 0 aliphatic rings. The topological polar surface area (TPSA) is 87.0 Å². The zero-order valence-corrected chi connectivity index (χ0v) is 20.2. The SMILES string of the molecule is O=C(CSc1ccc(Br)cc1)Nc1cn(CCc2ccccc2)nc1C(=O)[O-].[Na+]. The molecule has 0 spiro atoms. The number of carboxylic acid groups (broad SMARTS) is 1. The summed E-state index contributed by atoms with van der Waals surface area (Å²) in [5, 5.41) is 18.0. The quantitative estimate of drug-likeness (QED) is 0.361. The number of carbonyl (C=O) groups is 2. The maximum absolute atomic E-state index is 12.2. The number of aryl methyl sites for hydroxylation is 2. The zero-order valence-electron chi connectivity index (χ0n) is 15.8. The number of nitrogens with zero attached hydrogens (tertiary/aromatic N) is 2. The van der Waals surface area contributed by atoms with Gasteiger partial charge in [-0.1, -0.05) is 46.3 Å². The van der Waals surface area contributed by atoms with E-state index in [1.54, 1.807) is 0 Å². The molecule has 1 amide bonds. The van der Waals surface area contributed by atoms with E-state index in [9.17, 15) is 14.7 Å². The normalized spacial score (nSPS) is 10.2. The maximum atomic E-state index is 12.2. The molecule has 0 aliphatic heterocycles. The van der Waals surface area contributed by atoms with Gasteiger partial charge < -0.3 is 15.2 Å². The second kappa shape index (κ2) is 11.6. The molecular formula is C20H17BrN3NaO3S. The first-order valence-electron chi connectivity index (χ1n) is 8.52. The predicted octanol–water partition coefficient (Wildman–Crippen LogP) is -0.0134. The molecule has 0 saturated heterocycles. The van der Waals surface area contributed by atoms with Crippen LogP contribution in [0.1, 0.15) is 16.1 Å². The molecule has 0 saturated carbocycles. The van der Waals surface area contributed by atoms with Crippen molar-refractivity contribution in [3.05, 3.63) is 76.5 Å². The van der Waals surface area contributed by atoms with Crippen molar-refractivity contribution in [3.63, 3.8) is 0 Å². The largest absolute Gasteiger partial charge is 1.00 e. The van der Waals surface area contributed by atoms with Crippen LogP contribution in [0, 0.1) is 0 Å². The molecule has 0 unspecified atom stereocenters. The van der Waals surface area contributed by atoms with Gasteiger partial charge in [0.05, 0.1) is 17.4 Å². The Bertz CT molecular complexity index is 965. The first-order chi connectivity index (χ1) is 13.5. The molecule has 0 aliphatic carbocycles. The number of amides is 1. The minimum Gasteiger partial charge on any atom is -0.543 e. The van der Waals surface area contributed by atoms with Crippen molar-refractivity contribution in [3.8, 4) is 0 Å². The molecule has 0 atom stereocenters. The third-order valence-electron chi connectivity index (χ3n) is 3.89. The Morgan fingerprint density at radius 2 is 1.79 bits per heavy atom. The number of halogens is 1. The number of anilines is 1. The van der Waals surface area contributed by atoms with Gasteiger partial charge in [-0.05, 0) is 36.2 Å². The van der Waals surface area contributed by atoms with E-state index in [-0.39, 0.29) is 52.6 Å². The summed E-state index contributed by atoms with van der Waals surface area (Å²) in [5.74, 6) is -1.57. The van der Waals surface area contributed by atoms with E-state index in [0.717, 1.165) is 14.9 Å². The summed E-state index contributed by atoms with van der Waals surface area (Å²) in [6, 6.07) is 17.4. The first kappa shape index (κ1) is 23.7. The molecule has 1 aromatic heterocycles. The molecule has 29 heavy (non-hydrogen) atoms. The van der Waals surface area contributed by atoms with E-state index in [2.05, 4.69) is 26.3 Å². The maximum Gasteiger partial charge on any atom is 1.00 e. The van der Waals surface area contributed by atoms with Gasteiger partial charge in [-0.25, -0.2) is 0 Å². The van der Waals surface area contributed by atoms with Gasteiger partial charge in [-0.3, -0.25) is 9.48 Å². The summed E-state index contributed by atoms with van der Waals surface area (Å²) in [5.41, 5.74) is 0.994. The van der Waals surface area contributed by atoms with Crippen LogP contribution in [-0.4, -0.2) is 27.4 Å². The van der Waals surface area contributed by atoms with Crippen LogP contribution in [0.2, 0.25) is 0 Å². The van der Waals surface area contributed by atoms with Gasteiger partial charge in [0.15, 0.2) is 0 Å². The Morgan fingerprint density at radius 1 is 1.10 bits per heavy atom. The fourth-order valence-corrected chi connectivity index (χ4v) is 3.50. The van der Waals surface area contributed by atoms with Crippen LogP contribution >= 0.6 is 27.7 Å². The van der Waals surface area contributed by atoms with Crippen molar-refractivity contribution in [2.24, 2.45) is 0 Å². The number of carbonyl (C=O) groups excluding carboxylic acids is 2. The molecule has 6 nitrogen and oxygen atoms in total. The molecule has 3 aromatic rings. The second-order valence-electron chi connectivity index (χ2n) is 5.97. The van der Waals surface area contributed by atoms with Crippen LogP contribution in [0.15, 0.2) is 70.2 Å². The van der Waals surface area contributed by atoms with Crippen LogP contribution in [0.3, 0.4) is 0 Å². The summed E-state index contributed by atoms with van der Waals surface area (Å²) >= 11 is 4.72. The first-order valence-corrected chi connectivity index (χ1v) is 10.3. The van der Waals surface area contributed by atoms with Gasteiger partial charge in [0.2, 0.25) is 5.91 Å². The van der Waals surface area contributed by atoms with Crippen LogP contribution in [0.25, 0.3) is 0 Å². The van der Waals surface area contributed by atoms with Gasteiger partial charge in [-0.15, -0.1) is 11.8 Å². The summed E-state index contributed by atoms with van der Waals surface area (Å²) in [4.78, 5) is 24.5. The molecule has 0 fully saturated rings. The molecule has 144 valence electrons. The monoisotopic (exact) mass is 481 g/mol. The standard InChI is InChI=1S/C20H18BrN3O3S.Na/c21-15-6-8-16(9-7-15)28-13-18(25)22-17-12-24(23-19(17)20(26)27)11-10-14-4-2-1-3-5-14;/h1-9,12H,10-11,13H2,(H,22,25)(H,26,27);/q;+1/p-1. The Kier molecular flexibility index (Phi) is 9.45. The fourth-order valence-electron chi connectivity index (χ4n) is 2.53. The molecular weight excluding hydrogens is 465 g/mol. The van der Waals surface area contributed by atoms with Gasteiger partial charge in [0, 0.05) is 22.1 Å². The minimum atomic E-state index is -1.42. The van der Waals surface area contributed by atoms with Crippen molar-refractivity contribution in [1.82, 2.24) is 9.78 Å². The van der Waals surface area contributed by atoms with Crippen molar-refractivity contribution >= 4 is 45.3 Å². The average Bonchev–Trinajstić information content (AvgIpc) is 3.10. The fraction of sp³-hybridized carbons (Fsp3) is 0.150. The predicted molar refractivity (Wildman–Crippen MR) is 110 cm³/mol. The molecule has 1 N–H and O–H groups in total. The zero-order chi connectivity index (χ0) is 19.9. The summed E-state index contributed by atoms with van der Waals surface area (Å²) in [6.07, 6.45) is 2.22. The number of thioether (sulfide) groups is 1. The number of hydrogen-bond acceptors (Lipinski definition) is 5. The van der Waals surface area contributed by atoms with E-state index in [4.69, 9.17) is 0 Å².